The van der Waals surface area contributed by atoms with Crippen molar-refractivity contribution in [2.75, 3.05) is 0 Å². The Hall–Kier alpha value is -1.65. The van der Waals surface area contributed by atoms with Gasteiger partial charge in [-0.15, -0.1) is 6.58 Å². The monoisotopic (exact) mass is 359 g/mol. The minimum absolute atomic E-state index is 0.0677. The summed E-state index contributed by atoms with van der Waals surface area (Å²) in [6, 6.07) is 10.3. The molecule has 1 aromatic rings. The van der Waals surface area contributed by atoms with Crippen molar-refractivity contribution >= 4 is 5.97 Å². The number of hydrogen-bond donors (Lipinski definition) is 0. The molecule has 144 valence electrons. The van der Waals surface area contributed by atoms with Gasteiger partial charge >= 0.3 is 5.97 Å². The second kappa shape index (κ2) is 8.36. The number of nitrogens with zero attached hydrogens (tertiary/aromatic N) is 1. The highest BCUT2D eigenvalue weighted by Crippen LogP contribution is 2.37. The van der Waals surface area contributed by atoms with E-state index in [1.807, 2.05) is 52.0 Å². The molecule has 0 amide bonds. The molecule has 1 aliphatic rings. The van der Waals surface area contributed by atoms with E-state index in [1.165, 1.54) is 5.56 Å². The van der Waals surface area contributed by atoms with E-state index in [2.05, 4.69) is 37.5 Å². The molecule has 26 heavy (non-hydrogen) atoms. The molecular weight excluding hydrogens is 326 g/mol. The Kier molecular flexibility index (Phi) is 6.64. The van der Waals surface area contributed by atoms with Gasteiger partial charge < -0.3 is 9.47 Å². The third kappa shape index (κ3) is 4.54. The van der Waals surface area contributed by atoms with Gasteiger partial charge in [0.15, 0.2) is 0 Å². The first kappa shape index (κ1) is 20.7. The standard InChI is InChI=1S/C22H33NO3/c1-8-18-20(21(24)26-22(5,6)7)16(4)25-19(9-2)23(18)15(3)17-13-11-10-12-14-17/h8,10-16,18-20H,1,9H2,2-7H3/t15-,16-,18-,19-,20-/m1/s1. The van der Waals surface area contributed by atoms with E-state index in [0.29, 0.717) is 0 Å². The van der Waals surface area contributed by atoms with Crippen LogP contribution in [0.25, 0.3) is 0 Å². The molecule has 1 heterocycles. The predicted octanol–water partition coefficient (Wildman–Crippen LogP) is 4.72. The zero-order chi connectivity index (χ0) is 19.5. The quantitative estimate of drug-likeness (QED) is 0.563. The van der Waals surface area contributed by atoms with Crippen molar-refractivity contribution in [3.63, 3.8) is 0 Å². The lowest BCUT2D eigenvalue weighted by Crippen LogP contribution is -2.59. The molecule has 4 heteroatoms. The molecule has 0 aromatic heterocycles. The minimum atomic E-state index is -0.528. The zero-order valence-corrected chi connectivity index (χ0v) is 16.9. The number of esters is 1. The second-order valence-corrected chi connectivity index (χ2v) is 8.02. The van der Waals surface area contributed by atoms with Gasteiger partial charge in [-0.25, -0.2) is 0 Å². The second-order valence-electron chi connectivity index (χ2n) is 8.02. The minimum Gasteiger partial charge on any atom is -0.460 e. The summed E-state index contributed by atoms with van der Waals surface area (Å²) in [7, 11) is 0. The lowest BCUT2D eigenvalue weighted by molar-refractivity contribution is -0.209. The smallest absolute Gasteiger partial charge is 0.314 e. The molecule has 1 aliphatic heterocycles. The highest BCUT2D eigenvalue weighted by atomic mass is 16.6. The average molecular weight is 360 g/mol. The van der Waals surface area contributed by atoms with Gasteiger partial charge in [-0.1, -0.05) is 43.3 Å². The van der Waals surface area contributed by atoms with Crippen LogP contribution in [0.4, 0.5) is 0 Å². The first-order valence-electron chi connectivity index (χ1n) is 9.52. The molecule has 0 N–H and O–H groups in total. The highest BCUT2D eigenvalue weighted by molar-refractivity contribution is 5.75. The maximum atomic E-state index is 12.9. The molecule has 1 fully saturated rings. The van der Waals surface area contributed by atoms with Gasteiger partial charge in [-0.3, -0.25) is 9.69 Å². The highest BCUT2D eigenvalue weighted by Gasteiger charge is 2.47. The predicted molar refractivity (Wildman–Crippen MR) is 105 cm³/mol. The van der Waals surface area contributed by atoms with E-state index < -0.39 is 11.5 Å². The summed E-state index contributed by atoms with van der Waals surface area (Å²) in [5.74, 6) is -0.629. The zero-order valence-electron chi connectivity index (χ0n) is 16.9. The van der Waals surface area contributed by atoms with Crippen molar-refractivity contribution in [2.45, 2.75) is 78.0 Å². The van der Waals surface area contributed by atoms with Crippen LogP contribution in [0.2, 0.25) is 0 Å². The van der Waals surface area contributed by atoms with Crippen molar-refractivity contribution in [1.82, 2.24) is 4.90 Å². The van der Waals surface area contributed by atoms with Crippen LogP contribution in [0, 0.1) is 5.92 Å². The van der Waals surface area contributed by atoms with Gasteiger partial charge in [-0.2, -0.15) is 0 Å². The van der Waals surface area contributed by atoms with Crippen LogP contribution in [-0.2, 0) is 14.3 Å². The molecule has 5 atom stereocenters. The lowest BCUT2D eigenvalue weighted by atomic mass is 9.88. The summed E-state index contributed by atoms with van der Waals surface area (Å²) < 4.78 is 11.9. The van der Waals surface area contributed by atoms with Gasteiger partial charge in [0, 0.05) is 12.1 Å². The van der Waals surface area contributed by atoms with E-state index in [9.17, 15) is 4.79 Å². The molecule has 4 nitrogen and oxygen atoms in total. The number of rotatable bonds is 5. The fourth-order valence-corrected chi connectivity index (χ4v) is 3.75. The molecule has 0 aliphatic carbocycles. The van der Waals surface area contributed by atoms with Crippen LogP contribution >= 0.6 is 0 Å². The Morgan fingerprint density at radius 2 is 1.96 bits per heavy atom. The van der Waals surface area contributed by atoms with Crippen LogP contribution in [0.5, 0.6) is 0 Å². The molecule has 2 rings (SSSR count). The summed E-state index contributed by atoms with van der Waals surface area (Å²) >= 11 is 0. The number of carbonyl (C=O) groups excluding carboxylic acids is 1. The Balaban J connectivity index is 2.37. The van der Waals surface area contributed by atoms with E-state index >= 15 is 0 Å². The molecule has 0 bridgehead atoms. The third-order valence-electron chi connectivity index (χ3n) is 4.92. The number of carbonyl (C=O) groups is 1. The molecule has 1 saturated heterocycles. The van der Waals surface area contributed by atoms with Crippen molar-refractivity contribution in [3.8, 4) is 0 Å². The average Bonchev–Trinajstić information content (AvgIpc) is 2.59. The van der Waals surface area contributed by atoms with E-state index in [4.69, 9.17) is 9.47 Å². The largest absolute Gasteiger partial charge is 0.460 e. The maximum absolute atomic E-state index is 12.9. The third-order valence-corrected chi connectivity index (χ3v) is 4.92. The molecule has 0 saturated carbocycles. The van der Waals surface area contributed by atoms with Crippen LogP contribution < -0.4 is 0 Å². The van der Waals surface area contributed by atoms with Crippen LogP contribution in [0.3, 0.4) is 0 Å². The Morgan fingerprint density at radius 3 is 2.46 bits per heavy atom. The van der Waals surface area contributed by atoms with Crippen LogP contribution in [-0.4, -0.2) is 34.8 Å². The Morgan fingerprint density at radius 1 is 1.35 bits per heavy atom. The Labute approximate surface area is 158 Å². The lowest BCUT2D eigenvalue weighted by Gasteiger charge is -2.50. The fraction of sp³-hybridized carbons (Fsp3) is 0.591. The summed E-state index contributed by atoms with van der Waals surface area (Å²) in [5, 5.41) is 0. The van der Waals surface area contributed by atoms with E-state index in [0.717, 1.165) is 6.42 Å². The van der Waals surface area contributed by atoms with Crippen molar-refractivity contribution < 1.29 is 14.3 Å². The summed E-state index contributed by atoms with van der Waals surface area (Å²) in [6.45, 7) is 15.9. The fourth-order valence-electron chi connectivity index (χ4n) is 3.75. The van der Waals surface area contributed by atoms with Crippen LogP contribution in [0.15, 0.2) is 43.0 Å². The first-order valence-corrected chi connectivity index (χ1v) is 9.52. The van der Waals surface area contributed by atoms with Crippen molar-refractivity contribution in [1.29, 1.82) is 0 Å². The van der Waals surface area contributed by atoms with Gasteiger partial charge in [-0.05, 0) is 46.6 Å². The number of ether oxygens (including phenoxy) is 2. The maximum Gasteiger partial charge on any atom is 0.314 e. The van der Waals surface area contributed by atoms with Gasteiger partial charge in [0.1, 0.15) is 17.7 Å². The summed E-state index contributed by atoms with van der Waals surface area (Å²) in [4.78, 5) is 15.2. The molecule has 0 spiro atoms. The summed E-state index contributed by atoms with van der Waals surface area (Å²) in [5.41, 5.74) is 0.666. The van der Waals surface area contributed by atoms with Crippen molar-refractivity contribution in [2.24, 2.45) is 5.92 Å². The molecule has 0 unspecified atom stereocenters. The normalized spacial score (nSPS) is 28.4. The van der Waals surface area contributed by atoms with Gasteiger partial charge in [0.05, 0.1) is 6.10 Å². The van der Waals surface area contributed by atoms with E-state index in [1.54, 1.807) is 0 Å². The molecular formula is C22H33NO3. The van der Waals surface area contributed by atoms with E-state index in [-0.39, 0.29) is 30.4 Å². The Bertz CT molecular complexity index is 608. The van der Waals surface area contributed by atoms with Crippen LogP contribution in [0.1, 0.15) is 59.6 Å². The van der Waals surface area contributed by atoms with Crippen molar-refractivity contribution in [3.05, 3.63) is 48.6 Å². The number of hydrogen-bond acceptors (Lipinski definition) is 4. The SMILES string of the molecule is C=C[C@@H]1[C@H](C(=O)OC(C)(C)C)[C@@H](C)O[C@H](CC)N1[C@H](C)c1ccccc1. The van der Waals surface area contributed by atoms with Gasteiger partial charge in [0.25, 0.3) is 0 Å². The van der Waals surface area contributed by atoms with Gasteiger partial charge in [0.2, 0.25) is 0 Å². The molecule has 1 aromatic carbocycles. The number of benzene rings is 1. The topological polar surface area (TPSA) is 38.8 Å². The summed E-state index contributed by atoms with van der Waals surface area (Å²) in [6.07, 6.45) is 2.42. The first-order chi connectivity index (χ1) is 12.2. The molecule has 0 radical (unpaired) electrons.